The van der Waals surface area contributed by atoms with Crippen LogP contribution in [0.5, 0.6) is 0 Å². The Hall–Kier alpha value is -2.50. The van der Waals surface area contributed by atoms with E-state index < -0.39 is 17.7 Å². The molecule has 1 spiro atoms. The van der Waals surface area contributed by atoms with Crippen molar-refractivity contribution in [3.05, 3.63) is 64.7 Å². The fourth-order valence-electron chi connectivity index (χ4n) is 3.71. The Morgan fingerprint density at radius 2 is 1.76 bits per heavy atom. The van der Waals surface area contributed by atoms with Crippen molar-refractivity contribution in [3.8, 4) is 0 Å². The second-order valence-electron chi connectivity index (χ2n) is 6.86. The van der Waals surface area contributed by atoms with Crippen molar-refractivity contribution in [1.29, 1.82) is 0 Å². The number of halogens is 3. The molecule has 0 amide bonds. The highest BCUT2D eigenvalue weighted by atomic mass is 19.4. The van der Waals surface area contributed by atoms with Gasteiger partial charge in [-0.3, -0.25) is 0 Å². The smallest absolute Gasteiger partial charge is 0.416 e. The summed E-state index contributed by atoms with van der Waals surface area (Å²) in [5.74, 6) is -0.973. The first-order chi connectivity index (χ1) is 11.8. The summed E-state index contributed by atoms with van der Waals surface area (Å²) in [6.45, 7) is 1.25. The van der Waals surface area contributed by atoms with Crippen LogP contribution in [0.3, 0.4) is 0 Å². The van der Waals surface area contributed by atoms with Crippen molar-refractivity contribution in [1.82, 2.24) is 0 Å². The number of aromatic carboxylic acids is 1. The third-order valence-electron chi connectivity index (χ3n) is 5.19. The van der Waals surface area contributed by atoms with E-state index in [1.165, 1.54) is 17.7 Å². The molecule has 0 saturated heterocycles. The van der Waals surface area contributed by atoms with E-state index in [1.54, 1.807) is 12.1 Å². The molecule has 2 aromatic carbocycles. The Balaban J connectivity index is 1.67. The number of hydrogen-bond donors (Lipinski definition) is 1. The predicted octanol–water partition coefficient (Wildman–Crippen LogP) is 4.46. The van der Waals surface area contributed by atoms with E-state index >= 15 is 0 Å². The van der Waals surface area contributed by atoms with Crippen LogP contribution in [-0.4, -0.2) is 17.6 Å². The van der Waals surface area contributed by atoms with Crippen LogP contribution in [0.4, 0.5) is 18.9 Å². The summed E-state index contributed by atoms with van der Waals surface area (Å²) in [4.78, 5) is 13.3. The van der Waals surface area contributed by atoms with Crippen molar-refractivity contribution in [2.24, 2.45) is 0 Å². The maximum absolute atomic E-state index is 12.7. The first-order valence-corrected chi connectivity index (χ1v) is 8.07. The molecule has 1 fully saturated rings. The average molecular weight is 347 g/mol. The topological polar surface area (TPSA) is 40.5 Å². The van der Waals surface area contributed by atoms with Crippen LogP contribution >= 0.6 is 0 Å². The molecule has 1 N–H and O–H groups in total. The molecule has 25 heavy (non-hydrogen) atoms. The van der Waals surface area contributed by atoms with E-state index in [-0.39, 0.29) is 11.0 Å². The van der Waals surface area contributed by atoms with Gasteiger partial charge in [0, 0.05) is 24.2 Å². The lowest BCUT2D eigenvalue weighted by Crippen LogP contribution is -2.38. The van der Waals surface area contributed by atoms with Crippen LogP contribution in [0.1, 0.15) is 39.9 Å². The maximum Gasteiger partial charge on any atom is 0.416 e. The van der Waals surface area contributed by atoms with Gasteiger partial charge in [-0.15, -0.1) is 0 Å². The molecule has 2 aromatic rings. The van der Waals surface area contributed by atoms with Gasteiger partial charge in [0.25, 0.3) is 0 Å². The van der Waals surface area contributed by atoms with Crippen molar-refractivity contribution in [2.75, 3.05) is 11.4 Å². The standard InChI is InChI=1S/C19H16F3NO2/c20-19(21,22)14-2-4-15(5-3-14)23-10-13-9-12(17(24)25)1-6-16(13)18(11-23)7-8-18/h1-6,9H,7-8,10-11H2,(H,24,25). The van der Waals surface area contributed by atoms with E-state index in [0.717, 1.165) is 42.8 Å². The Bertz CT molecular complexity index is 839. The molecule has 2 aliphatic rings. The fraction of sp³-hybridized carbons (Fsp3) is 0.316. The molecular formula is C19H16F3NO2. The first-order valence-electron chi connectivity index (χ1n) is 8.07. The van der Waals surface area contributed by atoms with E-state index in [9.17, 15) is 23.1 Å². The van der Waals surface area contributed by atoms with Crippen LogP contribution in [0.15, 0.2) is 42.5 Å². The number of rotatable bonds is 2. The van der Waals surface area contributed by atoms with Crippen LogP contribution < -0.4 is 4.90 Å². The molecule has 130 valence electrons. The molecule has 0 radical (unpaired) electrons. The van der Waals surface area contributed by atoms with Crippen molar-refractivity contribution >= 4 is 11.7 Å². The molecule has 1 aliphatic heterocycles. The minimum atomic E-state index is -4.35. The average Bonchev–Trinajstić information content (AvgIpc) is 3.33. The van der Waals surface area contributed by atoms with Crippen LogP contribution in [0.2, 0.25) is 0 Å². The number of anilines is 1. The van der Waals surface area contributed by atoms with Gasteiger partial charge in [0.05, 0.1) is 11.1 Å². The molecule has 0 aromatic heterocycles. The number of nitrogens with zero attached hydrogens (tertiary/aromatic N) is 1. The zero-order chi connectivity index (χ0) is 17.8. The monoisotopic (exact) mass is 347 g/mol. The van der Waals surface area contributed by atoms with E-state index in [4.69, 9.17) is 0 Å². The van der Waals surface area contributed by atoms with E-state index in [2.05, 4.69) is 0 Å². The summed E-state index contributed by atoms with van der Waals surface area (Å²) < 4.78 is 38.2. The lowest BCUT2D eigenvalue weighted by atomic mass is 9.85. The Morgan fingerprint density at radius 1 is 1.08 bits per heavy atom. The number of fused-ring (bicyclic) bond motifs is 2. The molecule has 0 bridgehead atoms. The van der Waals surface area contributed by atoms with Gasteiger partial charge in [0.15, 0.2) is 0 Å². The number of carboxylic acids is 1. The van der Waals surface area contributed by atoms with Crippen molar-refractivity contribution in [2.45, 2.75) is 31.0 Å². The zero-order valence-electron chi connectivity index (χ0n) is 13.3. The second kappa shape index (κ2) is 5.25. The van der Waals surface area contributed by atoms with Crippen LogP contribution in [0, 0.1) is 0 Å². The summed E-state index contributed by atoms with van der Waals surface area (Å²) in [5.41, 5.74) is 2.44. The van der Waals surface area contributed by atoms with Gasteiger partial charge in [-0.2, -0.15) is 13.2 Å². The van der Waals surface area contributed by atoms with Gasteiger partial charge in [0.2, 0.25) is 0 Å². The molecular weight excluding hydrogens is 331 g/mol. The van der Waals surface area contributed by atoms with Crippen molar-refractivity contribution in [3.63, 3.8) is 0 Å². The van der Waals surface area contributed by atoms with Gasteiger partial charge < -0.3 is 10.0 Å². The lowest BCUT2D eigenvalue weighted by Gasteiger charge is -2.37. The number of alkyl halides is 3. The fourth-order valence-corrected chi connectivity index (χ4v) is 3.71. The molecule has 0 unspecified atom stereocenters. The number of carboxylic acid groups (broad SMARTS) is 1. The number of carbonyl (C=O) groups is 1. The Kier molecular flexibility index (Phi) is 3.36. The largest absolute Gasteiger partial charge is 0.478 e. The molecule has 3 nitrogen and oxygen atoms in total. The first kappa shape index (κ1) is 16.0. The quantitative estimate of drug-likeness (QED) is 0.872. The lowest BCUT2D eigenvalue weighted by molar-refractivity contribution is -0.137. The van der Waals surface area contributed by atoms with Gasteiger partial charge in [-0.1, -0.05) is 6.07 Å². The van der Waals surface area contributed by atoms with Gasteiger partial charge >= 0.3 is 12.1 Å². The van der Waals surface area contributed by atoms with E-state index in [1.807, 2.05) is 11.0 Å². The molecule has 1 heterocycles. The molecule has 1 saturated carbocycles. The minimum Gasteiger partial charge on any atom is -0.478 e. The maximum atomic E-state index is 12.7. The number of hydrogen-bond acceptors (Lipinski definition) is 2. The summed E-state index contributed by atoms with van der Waals surface area (Å²) in [6.07, 6.45) is -2.31. The predicted molar refractivity (Wildman–Crippen MR) is 86.8 cm³/mol. The highest BCUT2D eigenvalue weighted by Gasteiger charge is 2.49. The van der Waals surface area contributed by atoms with E-state index in [0.29, 0.717) is 6.54 Å². The normalized spacial score (nSPS) is 18.1. The molecule has 4 rings (SSSR count). The second-order valence-corrected chi connectivity index (χ2v) is 6.86. The Morgan fingerprint density at radius 3 is 2.32 bits per heavy atom. The minimum absolute atomic E-state index is 0.00726. The number of benzene rings is 2. The summed E-state index contributed by atoms with van der Waals surface area (Å²) in [7, 11) is 0. The molecule has 0 atom stereocenters. The van der Waals surface area contributed by atoms with Gasteiger partial charge in [0.1, 0.15) is 0 Å². The van der Waals surface area contributed by atoms with Crippen LogP contribution in [0.25, 0.3) is 0 Å². The SMILES string of the molecule is O=C(O)c1ccc2c(c1)CN(c1ccc(C(F)(F)F)cc1)CC21CC1. The summed E-state index contributed by atoms with van der Waals surface area (Å²) in [6, 6.07) is 10.4. The molecule has 1 aliphatic carbocycles. The Labute approximate surface area is 142 Å². The van der Waals surface area contributed by atoms with Crippen molar-refractivity contribution < 1.29 is 23.1 Å². The van der Waals surface area contributed by atoms with Gasteiger partial charge in [-0.25, -0.2) is 4.79 Å². The summed E-state index contributed by atoms with van der Waals surface area (Å²) >= 11 is 0. The third kappa shape index (κ3) is 2.75. The summed E-state index contributed by atoms with van der Waals surface area (Å²) in [5, 5.41) is 9.20. The van der Waals surface area contributed by atoms with Crippen LogP contribution in [-0.2, 0) is 18.1 Å². The molecule has 6 heteroatoms. The highest BCUT2D eigenvalue weighted by Crippen LogP contribution is 2.53. The third-order valence-corrected chi connectivity index (χ3v) is 5.19. The van der Waals surface area contributed by atoms with Gasteiger partial charge in [-0.05, 0) is 60.4 Å². The zero-order valence-corrected chi connectivity index (χ0v) is 13.3. The highest BCUT2D eigenvalue weighted by molar-refractivity contribution is 5.88.